The van der Waals surface area contributed by atoms with E-state index < -0.39 is 18.8 Å². The average molecular weight is 281 g/mol. The highest BCUT2D eigenvalue weighted by atomic mass is 19.4. The first-order chi connectivity index (χ1) is 8.69. The Hall–Kier alpha value is -0.820. The van der Waals surface area contributed by atoms with E-state index in [-0.39, 0.29) is 19.0 Å². The van der Waals surface area contributed by atoms with Gasteiger partial charge in [-0.2, -0.15) is 13.2 Å². The van der Waals surface area contributed by atoms with Crippen LogP contribution in [-0.2, 0) is 4.79 Å². The number of carbonyl (C=O) groups is 1. The molecule has 0 unspecified atom stereocenters. The molecule has 0 aromatic heterocycles. The highest BCUT2D eigenvalue weighted by Crippen LogP contribution is 2.17. The van der Waals surface area contributed by atoms with Crippen LogP contribution in [0.4, 0.5) is 13.2 Å². The minimum Gasteiger partial charge on any atom is -0.339 e. The lowest BCUT2D eigenvalue weighted by Gasteiger charge is -2.36. The van der Waals surface area contributed by atoms with Crippen LogP contribution in [0.3, 0.4) is 0 Å². The van der Waals surface area contributed by atoms with Crippen molar-refractivity contribution in [1.82, 2.24) is 9.80 Å². The summed E-state index contributed by atoms with van der Waals surface area (Å²) in [5.41, 5.74) is 5.80. The van der Waals surface area contributed by atoms with E-state index in [2.05, 4.69) is 0 Å². The lowest BCUT2D eigenvalue weighted by molar-refractivity contribution is -0.152. The second-order valence-electron chi connectivity index (χ2n) is 5.45. The first-order valence-electron chi connectivity index (χ1n) is 6.52. The maximum absolute atomic E-state index is 12.2. The van der Waals surface area contributed by atoms with Crippen LogP contribution in [0, 0.1) is 5.92 Å². The van der Waals surface area contributed by atoms with Gasteiger partial charge in [-0.25, -0.2) is 0 Å². The molecule has 7 heteroatoms. The Morgan fingerprint density at radius 3 is 2.16 bits per heavy atom. The molecule has 0 radical (unpaired) electrons. The smallest absolute Gasteiger partial charge is 0.339 e. The summed E-state index contributed by atoms with van der Waals surface area (Å²) in [6, 6.07) is -0.547. The van der Waals surface area contributed by atoms with Crippen LogP contribution < -0.4 is 5.73 Å². The van der Waals surface area contributed by atoms with Crippen LogP contribution in [0.15, 0.2) is 0 Å². The van der Waals surface area contributed by atoms with Crippen LogP contribution in [0.5, 0.6) is 0 Å². The second kappa shape index (κ2) is 6.56. The van der Waals surface area contributed by atoms with Gasteiger partial charge < -0.3 is 10.6 Å². The summed E-state index contributed by atoms with van der Waals surface area (Å²) in [4.78, 5) is 14.9. The first kappa shape index (κ1) is 16.2. The van der Waals surface area contributed by atoms with Gasteiger partial charge in [0.1, 0.15) is 0 Å². The Morgan fingerprint density at radius 2 is 1.74 bits per heavy atom. The Labute approximate surface area is 111 Å². The lowest BCUT2D eigenvalue weighted by atomic mass is 10.0. The predicted octanol–water partition coefficient (Wildman–Crippen LogP) is 1.07. The number of halogens is 3. The molecule has 19 heavy (non-hydrogen) atoms. The summed E-state index contributed by atoms with van der Waals surface area (Å²) in [7, 11) is 0. The molecule has 4 nitrogen and oxygen atoms in total. The molecule has 1 aliphatic heterocycles. The molecule has 0 saturated carbocycles. The first-order valence-corrected chi connectivity index (χ1v) is 6.52. The third-order valence-corrected chi connectivity index (χ3v) is 3.13. The van der Waals surface area contributed by atoms with Crippen LogP contribution in [0.2, 0.25) is 0 Å². The molecule has 0 aliphatic carbocycles. The molecule has 1 rings (SSSR count). The Bertz CT molecular complexity index is 299. The molecule has 1 heterocycles. The van der Waals surface area contributed by atoms with Crippen molar-refractivity contribution in [2.24, 2.45) is 11.7 Å². The van der Waals surface area contributed by atoms with Crippen molar-refractivity contribution in [3.05, 3.63) is 0 Å². The van der Waals surface area contributed by atoms with Crippen molar-refractivity contribution in [1.29, 1.82) is 0 Å². The normalized spacial score (nSPS) is 19.8. The fraction of sp³-hybridized carbons (Fsp3) is 0.917. The summed E-state index contributed by atoms with van der Waals surface area (Å²) >= 11 is 0. The minimum atomic E-state index is -4.18. The fourth-order valence-electron chi connectivity index (χ4n) is 2.22. The van der Waals surface area contributed by atoms with Crippen molar-refractivity contribution in [3.8, 4) is 0 Å². The molecule has 2 N–H and O–H groups in total. The third kappa shape index (κ3) is 5.78. The number of nitrogens with two attached hydrogens (primary N) is 1. The maximum Gasteiger partial charge on any atom is 0.401 e. The van der Waals surface area contributed by atoms with Crippen molar-refractivity contribution in [2.45, 2.75) is 32.5 Å². The molecular formula is C12H22F3N3O. The highest BCUT2D eigenvalue weighted by Gasteiger charge is 2.33. The zero-order chi connectivity index (χ0) is 14.6. The number of nitrogens with zero attached hydrogens (tertiary/aromatic N) is 2. The summed E-state index contributed by atoms with van der Waals surface area (Å²) in [5.74, 6) is 0.172. The zero-order valence-electron chi connectivity index (χ0n) is 11.4. The van der Waals surface area contributed by atoms with E-state index in [9.17, 15) is 18.0 Å². The van der Waals surface area contributed by atoms with E-state index in [1.807, 2.05) is 13.8 Å². The molecule has 112 valence electrons. The number of rotatable bonds is 4. The Morgan fingerprint density at radius 1 is 1.21 bits per heavy atom. The van der Waals surface area contributed by atoms with E-state index in [1.54, 1.807) is 4.90 Å². The Kier molecular flexibility index (Phi) is 5.61. The van der Waals surface area contributed by atoms with Gasteiger partial charge in [0.15, 0.2) is 0 Å². The standard InChI is InChI=1S/C12H22F3N3O/c1-9(2)7-10(16)11(19)18-5-3-17(4-6-18)8-12(13,14)15/h9-10H,3-8,16H2,1-2H3/t10-/m0/s1. The molecular weight excluding hydrogens is 259 g/mol. The van der Waals surface area contributed by atoms with Gasteiger partial charge in [-0.15, -0.1) is 0 Å². The lowest BCUT2D eigenvalue weighted by Crippen LogP contribution is -2.54. The van der Waals surface area contributed by atoms with Gasteiger partial charge >= 0.3 is 6.18 Å². The largest absolute Gasteiger partial charge is 0.401 e. The average Bonchev–Trinajstić information content (AvgIpc) is 2.26. The van der Waals surface area contributed by atoms with Gasteiger partial charge in [0.2, 0.25) is 5.91 Å². The summed E-state index contributed by atoms with van der Waals surface area (Å²) in [6.45, 7) is 4.19. The molecule has 0 bridgehead atoms. The van der Waals surface area contributed by atoms with E-state index in [0.717, 1.165) is 0 Å². The molecule has 1 atom stereocenters. The molecule has 1 aliphatic rings. The number of carbonyl (C=O) groups excluding carboxylic acids is 1. The van der Waals surface area contributed by atoms with E-state index in [4.69, 9.17) is 5.73 Å². The topological polar surface area (TPSA) is 49.6 Å². The molecule has 1 saturated heterocycles. The quantitative estimate of drug-likeness (QED) is 0.838. The molecule has 0 spiro atoms. The Balaban J connectivity index is 2.39. The number of hydrogen-bond donors (Lipinski definition) is 1. The predicted molar refractivity (Wildman–Crippen MR) is 66.5 cm³/mol. The molecule has 1 amide bonds. The third-order valence-electron chi connectivity index (χ3n) is 3.13. The second-order valence-corrected chi connectivity index (χ2v) is 5.45. The minimum absolute atomic E-state index is 0.152. The molecule has 0 aromatic rings. The van der Waals surface area contributed by atoms with Crippen molar-refractivity contribution < 1.29 is 18.0 Å². The molecule has 1 fully saturated rings. The number of alkyl halides is 3. The highest BCUT2D eigenvalue weighted by molar-refractivity contribution is 5.81. The van der Waals surface area contributed by atoms with Crippen molar-refractivity contribution in [3.63, 3.8) is 0 Å². The van der Waals surface area contributed by atoms with Crippen molar-refractivity contribution in [2.75, 3.05) is 32.7 Å². The zero-order valence-corrected chi connectivity index (χ0v) is 11.4. The van der Waals surface area contributed by atoms with Gasteiger partial charge in [-0.3, -0.25) is 9.69 Å². The van der Waals surface area contributed by atoms with Gasteiger partial charge in [0.05, 0.1) is 12.6 Å². The van der Waals surface area contributed by atoms with Gasteiger partial charge in [-0.05, 0) is 12.3 Å². The van der Waals surface area contributed by atoms with Crippen LogP contribution in [0.25, 0.3) is 0 Å². The number of piperazine rings is 1. The van der Waals surface area contributed by atoms with Crippen LogP contribution in [0.1, 0.15) is 20.3 Å². The monoisotopic (exact) mass is 281 g/mol. The fourth-order valence-corrected chi connectivity index (χ4v) is 2.22. The SMILES string of the molecule is CC(C)C[C@H](N)C(=O)N1CCN(CC(F)(F)F)CC1. The number of hydrogen-bond acceptors (Lipinski definition) is 3. The van der Waals surface area contributed by atoms with Gasteiger partial charge in [0.25, 0.3) is 0 Å². The van der Waals surface area contributed by atoms with E-state index >= 15 is 0 Å². The van der Waals surface area contributed by atoms with Crippen LogP contribution >= 0.6 is 0 Å². The molecule has 0 aromatic carbocycles. The maximum atomic E-state index is 12.2. The summed E-state index contributed by atoms with van der Waals surface area (Å²) in [6.07, 6.45) is -3.58. The number of amides is 1. The summed E-state index contributed by atoms with van der Waals surface area (Å²) < 4.78 is 36.7. The summed E-state index contributed by atoms with van der Waals surface area (Å²) in [5, 5.41) is 0. The van der Waals surface area contributed by atoms with E-state index in [1.165, 1.54) is 4.90 Å². The van der Waals surface area contributed by atoms with E-state index in [0.29, 0.717) is 25.4 Å². The van der Waals surface area contributed by atoms with Gasteiger partial charge in [0, 0.05) is 26.2 Å². The van der Waals surface area contributed by atoms with Crippen molar-refractivity contribution >= 4 is 5.91 Å². The van der Waals surface area contributed by atoms with Gasteiger partial charge in [-0.1, -0.05) is 13.8 Å². The van der Waals surface area contributed by atoms with Crippen LogP contribution in [-0.4, -0.2) is 60.6 Å².